The molecule has 2 aromatic heterocycles. The van der Waals surface area contributed by atoms with E-state index < -0.39 is 34.8 Å². The minimum absolute atomic E-state index is 0.0123. The number of hydrogen-bond acceptors (Lipinski definition) is 8. The second-order valence-electron chi connectivity index (χ2n) is 9.77. The number of allylic oxidation sites excluding steroid dienone is 2. The highest BCUT2D eigenvalue weighted by atomic mass is 32.2. The Morgan fingerprint density at radius 2 is 2.03 bits per heavy atom. The number of hydrogen-bond donors (Lipinski definition) is 1. The molecule has 2 N–H and O–H groups in total. The molecule has 12 heteroatoms. The third-order valence-electron chi connectivity index (χ3n) is 6.73. The summed E-state index contributed by atoms with van der Waals surface area (Å²) < 4.78 is 21.5. The van der Waals surface area contributed by atoms with Gasteiger partial charge in [-0.15, -0.1) is 0 Å². The zero-order valence-electron chi connectivity index (χ0n) is 22.4. The summed E-state index contributed by atoms with van der Waals surface area (Å²) in [6.07, 6.45) is 5.28. The third kappa shape index (κ3) is 5.16. The maximum Gasteiger partial charge on any atom is 0.332 e. The fourth-order valence-corrected chi connectivity index (χ4v) is 5.51. The number of fused-ring (bicyclic) bond motifs is 1. The molecule has 1 saturated heterocycles. The van der Waals surface area contributed by atoms with E-state index in [1.807, 2.05) is 24.8 Å². The standard InChI is InChI=1S/C26H34N6O5S/c1-16(2)11-13-31-21-23(28-25(31)30-12-7-8-17(27)14-30)29(3)26(35)32(24(21)34)15-19(33)18-9-6-10-20(38(5)36)22(18)37-4/h6,9-11,17H,7-8,12-15,27H2,1-5H3. The number of Topliss-reactive ketones (excluding diaryl/α,β-unsaturated/α-hetero) is 1. The number of carbonyl (C=O) groups excluding carboxylic acids is 1. The molecule has 0 aliphatic carbocycles. The molecule has 0 amide bonds. The van der Waals surface area contributed by atoms with E-state index >= 15 is 0 Å². The van der Waals surface area contributed by atoms with Gasteiger partial charge in [0.2, 0.25) is 5.95 Å². The molecule has 0 radical (unpaired) electrons. The fraction of sp³-hybridized carbons (Fsp3) is 0.462. The Bertz CT molecular complexity index is 1520. The first-order chi connectivity index (χ1) is 18.0. The molecule has 38 heavy (non-hydrogen) atoms. The number of aromatic nitrogens is 4. The van der Waals surface area contributed by atoms with Crippen LogP contribution < -0.4 is 26.6 Å². The van der Waals surface area contributed by atoms with Crippen molar-refractivity contribution in [1.82, 2.24) is 18.7 Å². The molecule has 0 bridgehead atoms. The van der Waals surface area contributed by atoms with Crippen LogP contribution in [0.4, 0.5) is 5.95 Å². The van der Waals surface area contributed by atoms with Gasteiger partial charge in [-0.2, -0.15) is 4.98 Å². The molecule has 1 aliphatic rings. The molecule has 1 fully saturated rings. The van der Waals surface area contributed by atoms with Gasteiger partial charge in [-0.3, -0.25) is 18.7 Å². The van der Waals surface area contributed by atoms with Crippen LogP contribution in [-0.2, 0) is 31.3 Å². The van der Waals surface area contributed by atoms with Crippen LogP contribution in [0.5, 0.6) is 5.75 Å². The zero-order valence-corrected chi connectivity index (χ0v) is 23.2. The number of methoxy groups -OCH3 is 1. The molecule has 1 aliphatic heterocycles. The first-order valence-electron chi connectivity index (χ1n) is 12.4. The number of anilines is 1. The molecule has 204 valence electrons. The number of imidazole rings is 1. The van der Waals surface area contributed by atoms with Crippen molar-refractivity contribution in [2.24, 2.45) is 12.8 Å². The van der Waals surface area contributed by atoms with Gasteiger partial charge in [0.1, 0.15) is 6.26 Å². The summed E-state index contributed by atoms with van der Waals surface area (Å²) in [5.41, 5.74) is 6.66. The van der Waals surface area contributed by atoms with Gasteiger partial charge in [-0.25, -0.2) is 4.79 Å². The summed E-state index contributed by atoms with van der Waals surface area (Å²) in [7, 11) is 2.92. The van der Waals surface area contributed by atoms with Gasteiger partial charge in [-0.05, 0) is 50.0 Å². The van der Waals surface area contributed by atoms with Crippen LogP contribution in [0.2, 0.25) is 0 Å². The highest BCUT2D eigenvalue weighted by Gasteiger charge is 2.27. The van der Waals surface area contributed by atoms with E-state index in [1.54, 1.807) is 16.7 Å². The number of nitrogens with two attached hydrogens (primary N) is 1. The van der Waals surface area contributed by atoms with Gasteiger partial charge >= 0.3 is 5.69 Å². The third-order valence-corrected chi connectivity index (χ3v) is 7.67. The van der Waals surface area contributed by atoms with Gasteiger partial charge in [0.25, 0.3) is 5.56 Å². The van der Waals surface area contributed by atoms with Crippen LogP contribution in [0.15, 0.2) is 44.3 Å². The van der Waals surface area contributed by atoms with Crippen LogP contribution in [0.1, 0.15) is 37.0 Å². The maximum absolute atomic E-state index is 13.8. The van der Waals surface area contributed by atoms with Crippen LogP contribution in [0.25, 0.3) is 11.2 Å². The van der Waals surface area contributed by atoms with Crippen LogP contribution in [0.3, 0.4) is 0 Å². The predicted octanol–water partition coefficient (Wildman–Crippen LogP) is 1.42. The minimum atomic E-state index is -1.40. The van der Waals surface area contributed by atoms with Crippen molar-refractivity contribution in [2.75, 3.05) is 31.4 Å². The first kappa shape index (κ1) is 27.7. The topological polar surface area (TPSA) is 140 Å². The van der Waals surface area contributed by atoms with Crippen LogP contribution in [-0.4, -0.2) is 61.5 Å². The Kier molecular flexibility index (Phi) is 8.14. The zero-order chi connectivity index (χ0) is 27.7. The highest BCUT2D eigenvalue weighted by molar-refractivity contribution is 7.90. The molecule has 3 aromatic rings. The molecule has 2 atom stereocenters. The second-order valence-corrected chi connectivity index (χ2v) is 11.1. The van der Waals surface area contributed by atoms with E-state index in [1.165, 1.54) is 31.0 Å². The number of nitrogens with zero attached hydrogens (tertiary/aromatic N) is 5. The lowest BCUT2D eigenvalue weighted by atomic mass is 10.1. The first-order valence-corrected chi connectivity index (χ1v) is 14.0. The average Bonchev–Trinajstić information content (AvgIpc) is 3.27. The van der Waals surface area contributed by atoms with Crippen LogP contribution >= 0.6 is 0 Å². The molecule has 2 unspecified atom stereocenters. The number of carbonyl (C=O) groups is 1. The Labute approximate surface area is 223 Å². The fourth-order valence-electron chi connectivity index (χ4n) is 4.78. The molecule has 0 spiro atoms. The molecular weight excluding hydrogens is 508 g/mol. The molecule has 11 nitrogen and oxygen atoms in total. The number of ketones is 1. The Morgan fingerprint density at radius 1 is 1.29 bits per heavy atom. The van der Waals surface area contributed by atoms with E-state index in [4.69, 9.17) is 15.5 Å². The maximum atomic E-state index is 13.8. The summed E-state index contributed by atoms with van der Waals surface area (Å²) in [5, 5.41) is 0. The SMILES string of the molecule is COc1c(C(=O)Cn2c(=O)c3c(nc(N4CCCC(N)C4)n3CC=C(C)C)n(C)c2=O)cccc1[S+](C)[O-]. The average molecular weight is 543 g/mol. The summed E-state index contributed by atoms with van der Waals surface area (Å²) in [4.78, 5) is 47.6. The van der Waals surface area contributed by atoms with E-state index in [0.717, 1.165) is 29.5 Å². The predicted molar refractivity (Wildman–Crippen MR) is 148 cm³/mol. The number of aryl methyl sites for hydroxylation is 1. The van der Waals surface area contributed by atoms with E-state index in [9.17, 15) is 18.9 Å². The number of benzene rings is 1. The molecule has 0 saturated carbocycles. The smallest absolute Gasteiger partial charge is 0.332 e. The van der Waals surface area contributed by atoms with Gasteiger partial charge in [-0.1, -0.05) is 17.7 Å². The number of para-hydroxylation sites is 1. The monoisotopic (exact) mass is 542 g/mol. The Balaban J connectivity index is 1.87. The molecule has 3 heterocycles. The van der Waals surface area contributed by atoms with Gasteiger partial charge < -0.3 is 24.5 Å². The van der Waals surface area contributed by atoms with Gasteiger partial charge in [0.15, 0.2) is 27.6 Å². The molecular formula is C26H34N6O5S. The minimum Gasteiger partial charge on any atom is -0.612 e. The number of rotatable bonds is 8. The summed E-state index contributed by atoms with van der Waals surface area (Å²) in [6, 6.07) is 4.73. The van der Waals surface area contributed by atoms with Crippen LogP contribution in [0, 0.1) is 0 Å². The molecule has 4 rings (SSSR count). The van der Waals surface area contributed by atoms with E-state index in [2.05, 4.69) is 0 Å². The van der Waals surface area contributed by atoms with Crippen molar-refractivity contribution in [2.45, 2.75) is 50.7 Å². The highest BCUT2D eigenvalue weighted by Crippen LogP contribution is 2.29. The summed E-state index contributed by atoms with van der Waals surface area (Å²) >= 11 is -1.40. The van der Waals surface area contributed by atoms with Crippen molar-refractivity contribution in [3.63, 3.8) is 0 Å². The lowest BCUT2D eigenvalue weighted by Gasteiger charge is -2.31. The number of ether oxygens (including phenoxy) is 1. The lowest BCUT2D eigenvalue weighted by molar-refractivity contribution is 0.0965. The number of piperidine rings is 1. The molecule has 1 aromatic carbocycles. The largest absolute Gasteiger partial charge is 0.612 e. The van der Waals surface area contributed by atoms with Crippen molar-refractivity contribution in [3.05, 3.63) is 56.2 Å². The van der Waals surface area contributed by atoms with Crippen molar-refractivity contribution < 1.29 is 14.1 Å². The summed E-state index contributed by atoms with van der Waals surface area (Å²) in [6.45, 7) is 5.13. The lowest BCUT2D eigenvalue weighted by Crippen LogP contribution is -2.44. The van der Waals surface area contributed by atoms with Gasteiger partial charge in [0.05, 0.1) is 19.2 Å². The van der Waals surface area contributed by atoms with Crippen molar-refractivity contribution in [3.8, 4) is 5.75 Å². The van der Waals surface area contributed by atoms with Crippen molar-refractivity contribution >= 4 is 34.1 Å². The quantitative estimate of drug-likeness (QED) is 0.256. The second kappa shape index (κ2) is 11.2. The normalized spacial score (nSPS) is 16.5. The Hall–Kier alpha value is -3.35. The Morgan fingerprint density at radius 3 is 2.66 bits per heavy atom. The van der Waals surface area contributed by atoms with E-state index in [0.29, 0.717) is 23.9 Å². The van der Waals surface area contributed by atoms with E-state index in [-0.39, 0.29) is 28.5 Å². The van der Waals surface area contributed by atoms with Gasteiger partial charge in [0, 0.05) is 32.7 Å². The van der Waals surface area contributed by atoms with Crippen molar-refractivity contribution in [1.29, 1.82) is 0 Å². The summed E-state index contributed by atoms with van der Waals surface area (Å²) in [5.74, 6) is 0.232.